The topological polar surface area (TPSA) is 59.8 Å². The summed E-state index contributed by atoms with van der Waals surface area (Å²) in [7, 11) is 0. The van der Waals surface area contributed by atoms with Crippen LogP contribution in [0.3, 0.4) is 0 Å². The van der Waals surface area contributed by atoms with Crippen LogP contribution in [0.4, 0.5) is 0 Å². The Kier molecular flexibility index (Phi) is 5.69. The highest BCUT2D eigenvalue weighted by atomic mass is 32.2. The minimum absolute atomic E-state index is 0.0897. The number of rotatable bonds is 9. The first kappa shape index (κ1) is 14.4. The Labute approximate surface area is 118 Å². The van der Waals surface area contributed by atoms with E-state index in [0.717, 1.165) is 18.1 Å². The lowest BCUT2D eigenvalue weighted by Crippen LogP contribution is -2.26. The third-order valence-electron chi connectivity index (χ3n) is 3.17. The molecule has 1 aromatic heterocycles. The summed E-state index contributed by atoms with van der Waals surface area (Å²) in [5, 5.41) is 11.8. The summed E-state index contributed by atoms with van der Waals surface area (Å²) < 4.78 is 2.08. The van der Waals surface area contributed by atoms with Gasteiger partial charge >= 0.3 is 0 Å². The van der Waals surface area contributed by atoms with Gasteiger partial charge in [-0.1, -0.05) is 37.9 Å². The number of amides is 1. The number of nitrogens with one attached hydrogen (secondary N) is 1. The molecule has 2 rings (SSSR count). The maximum atomic E-state index is 11.7. The van der Waals surface area contributed by atoms with Crippen molar-refractivity contribution in [2.45, 2.75) is 56.6 Å². The van der Waals surface area contributed by atoms with E-state index in [2.05, 4.69) is 27.0 Å². The van der Waals surface area contributed by atoms with Crippen molar-refractivity contribution in [2.75, 3.05) is 12.3 Å². The first-order valence-electron chi connectivity index (χ1n) is 7.10. The molecule has 1 aliphatic carbocycles. The van der Waals surface area contributed by atoms with Gasteiger partial charge in [0.2, 0.25) is 5.91 Å². The number of carbonyl (C=O) groups is 1. The smallest absolute Gasteiger partial charge is 0.230 e. The molecule has 5 nitrogen and oxygen atoms in total. The average Bonchev–Trinajstić information content (AvgIpc) is 3.15. The number of hydrogen-bond acceptors (Lipinski definition) is 4. The van der Waals surface area contributed by atoms with Crippen molar-refractivity contribution in [1.29, 1.82) is 0 Å². The fourth-order valence-electron chi connectivity index (χ4n) is 1.90. The van der Waals surface area contributed by atoms with Crippen LogP contribution in [0.2, 0.25) is 0 Å². The third kappa shape index (κ3) is 4.86. The van der Waals surface area contributed by atoms with Crippen molar-refractivity contribution < 1.29 is 4.79 Å². The van der Waals surface area contributed by atoms with Crippen LogP contribution in [-0.4, -0.2) is 33.0 Å². The van der Waals surface area contributed by atoms with Crippen molar-refractivity contribution in [2.24, 2.45) is 0 Å². The molecule has 1 saturated carbocycles. The number of aromatic nitrogens is 3. The van der Waals surface area contributed by atoms with Crippen molar-refractivity contribution >= 4 is 17.7 Å². The highest BCUT2D eigenvalue weighted by molar-refractivity contribution is 7.99. The quantitative estimate of drug-likeness (QED) is 0.558. The Morgan fingerprint density at radius 1 is 1.47 bits per heavy atom. The van der Waals surface area contributed by atoms with Gasteiger partial charge in [-0.2, -0.15) is 0 Å². The Hall–Kier alpha value is -1.04. The Morgan fingerprint density at radius 3 is 3.05 bits per heavy atom. The number of unbranched alkanes of at least 4 members (excludes halogenated alkanes) is 3. The van der Waals surface area contributed by atoms with Gasteiger partial charge in [-0.25, -0.2) is 0 Å². The molecule has 0 unspecified atom stereocenters. The molecule has 1 N–H and O–H groups in total. The van der Waals surface area contributed by atoms with E-state index >= 15 is 0 Å². The van der Waals surface area contributed by atoms with Crippen LogP contribution in [0.1, 0.15) is 51.5 Å². The zero-order valence-corrected chi connectivity index (χ0v) is 12.3. The second-order valence-corrected chi connectivity index (χ2v) is 5.89. The second kappa shape index (κ2) is 7.53. The van der Waals surface area contributed by atoms with E-state index in [4.69, 9.17) is 0 Å². The summed E-state index contributed by atoms with van der Waals surface area (Å²) >= 11 is 1.48. The zero-order chi connectivity index (χ0) is 13.5. The van der Waals surface area contributed by atoms with Crippen LogP contribution >= 0.6 is 11.8 Å². The van der Waals surface area contributed by atoms with Crippen LogP contribution in [-0.2, 0) is 4.79 Å². The minimum Gasteiger partial charge on any atom is -0.355 e. The minimum atomic E-state index is 0.0897. The van der Waals surface area contributed by atoms with E-state index < -0.39 is 0 Å². The van der Waals surface area contributed by atoms with Crippen molar-refractivity contribution in [3.63, 3.8) is 0 Å². The number of hydrogen-bond donors (Lipinski definition) is 1. The van der Waals surface area contributed by atoms with E-state index in [0.29, 0.717) is 11.8 Å². The predicted octanol–water partition coefficient (Wildman–Crippen LogP) is 2.40. The molecule has 0 aromatic carbocycles. The monoisotopic (exact) mass is 282 g/mol. The van der Waals surface area contributed by atoms with Crippen molar-refractivity contribution in [3.8, 4) is 0 Å². The lowest BCUT2D eigenvalue weighted by molar-refractivity contribution is -0.118. The molecule has 1 fully saturated rings. The van der Waals surface area contributed by atoms with Gasteiger partial charge < -0.3 is 9.88 Å². The first-order valence-corrected chi connectivity index (χ1v) is 8.09. The fourth-order valence-corrected chi connectivity index (χ4v) is 2.71. The molecule has 0 bridgehead atoms. The van der Waals surface area contributed by atoms with Gasteiger partial charge in [-0.3, -0.25) is 4.79 Å². The van der Waals surface area contributed by atoms with Gasteiger partial charge in [0.15, 0.2) is 5.16 Å². The molecule has 0 radical (unpaired) electrons. The van der Waals surface area contributed by atoms with Gasteiger partial charge in [-0.15, -0.1) is 10.2 Å². The normalized spacial score (nSPS) is 14.6. The predicted molar refractivity (Wildman–Crippen MR) is 76.2 cm³/mol. The van der Waals surface area contributed by atoms with Crippen LogP contribution in [0.25, 0.3) is 0 Å². The van der Waals surface area contributed by atoms with Crippen LogP contribution in [0, 0.1) is 0 Å². The fraction of sp³-hybridized carbons (Fsp3) is 0.769. The summed E-state index contributed by atoms with van der Waals surface area (Å²) in [4.78, 5) is 11.7. The van der Waals surface area contributed by atoms with Gasteiger partial charge in [-0.05, 0) is 19.3 Å². The molecular formula is C13H22N4OS. The Balaban J connectivity index is 1.61. The molecule has 0 atom stereocenters. The average molecular weight is 282 g/mol. The van der Waals surface area contributed by atoms with Crippen molar-refractivity contribution in [1.82, 2.24) is 20.1 Å². The molecule has 0 aliphatic heterocycles. The highest BCUT2D eigenvalue weighted by Gasteiger charge is 2.26. The molecule has 1 heterocycles. The maximum Gasteiger partial charge on any atom is 0.230 e. The summed E-state index contributed by atoms with van der Waals surface area (Å²) in [5.74, 6) is 0.519. The number of thioether (sulfide) groups is 1. The molecule has 1 aliphatic rings. The molecular weight excluding hydrogens is 260 g/mol. The largest absolute Gasteiger partial charge is 0.355 e. The first-order chi connectivity index (χ1) is 9.31. The van der Waals surface area contributed by atoms with Crippen LogP contribution in [0.15, 0.2) is 11.5 Å². The molecule has 0 spiro atoms. The van der Waals surface area contributed by atoms with Crippen molar-refractivity contribution in [3.05, 3.63) is 6.33 Å². The van der Waals surface area contributed by atoms with E-state index in [9.17, 15) is 4.79 Å². The second-order valence-electron chi connectivity index (χ2n) is 4.95. The molecule has 19 heavy (non-hydrogen) atoms. The van der Waals surface area contributed by atoms with E-state index in [1.807, 2.05) is 0 Å². The van der Waals surface area contributed by atoms with Crippen LogP contribution < -0.4 is 5.32 Å². The SMILES string of the molecule is CCCCCCNC(=O)CSc1nncn1C1CC1. The maximum absolute atomic E-state index is 11.7. The number of carbonyl (C=O) groups excluding carboxylic acids is 1. The molecule has 0 saturated heterocycles. The van der Waals surface area contributed by atoms with Gasteiger partial charge in [0.25, 0.3) is 0 Å². The van der Waals surface area contributed by atoms with E-state index in [1.54, 1.807) is 6.33 Å². The molecule has 6 heteroatoms. The highest BCUT2D eigenvalue weighted by Crippen LogP contribution is 2.37. The molecule has 1 amide bonds. The van der Waals surface area contributed by atoms with Gasteiger partial charge in [0, 0.05) is 12.6 Å². The summed E-state index contributed by atoms with van der Waals surface area (Å²) in [5.41, 5.74) is 0. The summed E-state index contributed by atoms with van der Waals surface area (Å²) in [6, 6.07) is 0.564. The Bertz CT molecular complexity index is 403. The zero-order valence-electron chi connectivity index (χ0n) is 11.5. The van der Waals surface area contributed by atoms with E-state index in [1.165, 1.54) is 43.9 Å². The Morgan fingerprint density at radius 2 is 2.32 bits per heavy atom. The lowest BCUT2D eigenvalue weighted by Gasteiger charge is -2.05. The third-order valence-corrected chi connectivity index (χ3v) is 4.12. The van der Waals surface area contributed by atoms with Crippen LogP contribution in [0.5, 0.6) is 0 Å². The summed E-state index contributed by atoms with van der Waals surface area (Å²) in [6.45, 7) is 2.97. The van der Waals surface area contributed by atoms with Gasteiger partial charge in [0.1, 0.15) is 6.33 Å². The molecule has 1 aromatic rings. The standard InChI is InChI=1S/C13H22N4OS/c1-2-3-4-5-8-14-12(18)9-19-13-16-15-10-17(13)11-6-7-11/h10-11H,2-9H2,1H3,(H,14,18). The van der Waals surface area contributed by atoms with E-state index in [-0.39, 0.29) is 5.91 Å². The van der Waals surface area contributed by atoms with Gasteiger partial charge in [0.05, 0.1) is 5.75 Å². The lowest BCUT2D eigenvalue weighted by atomic mass is 10.2. The summed E-state index contributed by atoms with van der Waals surface area (Å²) in [6.07, 6.45) is 8.91. The number of nitrogens with zero attached hydrogens (tertiary/aromatic N) is 3. The molecule has 106 valence electrons.